The molecule has 0 spiro atoms. The second kappa shape index (κ2) is 8.80. The van der Waals surface area contributed by atoms with E-state index in [0.717, 1.165) is 0 Å². The average Bonchev–Trinajstić information content (AvgIpc) is 2.45. The normalized spacial score (nSPS) is 11.4. The summed E-state index contributed by atoms with van der Waals surface area (Å²) in [4.78, 5) is 11.3. The van der Waals surface area contributed by atoms with Crippen molar-refractivity contribution in [3.8, 4) is 0 Å². The smallest absolute Gasteiger partial charge is 0.549 e. The Labute approximate surface area is 161 Å². The Bertz CT molecular complexity index is 644. The number of hydrogen-bond donors (Lipinski definition) is 1. The van der Waals surface area contributed by atoms with Gasteiger partial charge >= 0.3 is 29.6 Å². The molecular formula is C16H14Cl2NNaO2. The van der Waals surface area contributed by atoms with E-state index in [1.165, 1.54) is 0 Å². The van der Waals surface area contributed by atoms with Crippen LogP contribution < -0.4 is 40.0 Å². The molecule has 1 unspecified atom stereocenters. The minimum absolute atomic E-state index is 0. The second-order valence-corrected chi connectivity index (χ2v) is 5.40. The summed E-state index contributed by atoms with van der Waals surface area (Å²) >= 11 is 12.3. The molecular weight excluding hydrogens is 332 g/mol. The molecule has 0 fully saturated rings. The maximum Gasteiger partial charge on any atom is 1.00 e. The maximum atomic E-state index is 11.3. The van der Waals surface area contributed by atoms with Crippen LogP contribution in [0.4, 0.5) is 11.4 Å². The number of rotatable bonds is 5. The number of carboxylic acid groups (broad SMARTS) is 1. The first-order chi connectivity index (χ1) is 10.0. The van der Waals surface area contributed by atoms with Gasteiger partial charge in [-0.15, -0.1) is 0 Å². The van der Waals surface area contributed by atoms with Crippen LogP contribution in [-0.4, -0.2) is 5.97 Å². The third-order valence-electron chi connectivity index (χ3n) is 3.25. The van der Waals surface area contributed by atoms with E-state index in [9.17, 15) is 9.90 Å². The Morgan fingerprint density at radius 1 is 1.14 bits per heavy atom. The standard InChI is InChI=1S/C16H15Cl2NO2.Na/c1-2-10(16(20)21)11-6-3-4-9-14(11)19-15-12(17)7-5-8-13(15)18;/h3-10,19H,2H2,1H3,(H,20,21);/q;+1/p-1. The Kier molecular flexibility index (Phi) is 7.74. The van der Waals surface area contributed by atoms with Crippen LogP contribution in [0.2, 0.25) is 10.0 Å². The maximum absolute atomic E-state index is 11.3. The predicted octanol–water partition coefficient (Wildman–Crippen LogP) is 0.984. The van der Waals surface area contributed by atoms with Gasteiger partial charge in [0.15, 0.2) is 0 Å². The molecule has 0 aliphatic carbocycles. The number of carboxylic acids is 1. The first kappa shape index (κ1) is 19.3. The van der Waals surface area contributed by atoms with Gasteiger partial charge in [-0.3, -0.25) is 0 Å². The van der Waals surface area contributed by atoms with Gasteiger partial charge in [-0.2, -0.15) is 0 Å². The number of para-hydroxylation sites is 2. The molecule has 0 saturated heterocycles. The number of carbonyl (C=O) groups is 1. The van der Waals surface area contributed by atoms with Crippen molar-refractivity contribution in [1.29, 1.82) is 0 Å². The fourth-order valence-corrected chi connectivity index (χ4v) is 2.67. The molecule has 0 bridgehead atoms. The third-order valence-corrected chi connectivity index (χ3v) is 3.88. The van der Waals surface area contributed by atoms with Gasteiger partial charge < -0.3 is 15.2 Å². The Morgan fingerprint density at radius 3 is 2.27 bits per heavy atom. The summed E-state index contributed by atoms with van der Waals surface area (Å²) in [7, 11) is 0. The quantitative estimate of drug-likeness (QED) is 0.822. The minimum Gasteiger partial charge on any atom is -0.549 e. The summed E-state index contributed by atoms with van der Waals surface area (Å²) in [5.41, 5.74) is 1.86. The largest absolute Gasteiger partial charge is 1.00 e. The molecule has 3 nitrogen and oxygen atoms in total. The van der Waals surface area contributed by atoms with E-state index < -0.39 is 11.9 Å². The van der Waals surface area contributed by atoms with Gasteiger partial charge in [0.25, 0.3) is 0 Å². The Hall–Kier alpha value is -0.710. The summed E-state index contributed by atoms with van der Waals surface area (Å²) in [5.74, 6) is -1.79. The van der Waals surface area contributed by atoms with Crippen LogP contribution >= 0.6 is 23.2 Å². The second-order valence-electron chi connectivity index (χ2n) is 4.59. The van der Waals surface area contributed by atoms with Crippen LogP contribution in [-0.2, 0) is 4.79 Å². The van der Waals surface area contributed by atoms with Crippen LogP contribution in [0.5, 0.6) is 0 Å². The van der Waals surface area contributed by atoms with Gasteiger partial charge in [0.1, 0.15) is 0 Å². The SMILES string of the molecule is CCC(C(=O)[O-])c1ccccc1Nc1c(Cl)cccc1Cl.[Na+]. The van der Waals surface area contributed by atoms with E-state index in [-0.39, 0.29) is 29.6 Å². The first-order valence-corrected chi connectivity index (χ1v) is 7.31. The van der Waals surface area contributed by atoms with Crippen LogP contribution in [0.1, 0.15) is 24.8 Å². The number of nitrogens with one attached hydrogen (secondary N) is 1. The number of halogens is 2. The molecule has 0 saturated carbocycles. The first-order valence-electron chi connectivity index (χ1n) is 6.55. The zero-order chi connectivity index (χ0) is 15.4. The molecule has 2 aromatic carbocycles. The molecule has 110 valence electrons. The number of hydrogen-bond acceptors (Lipinski definition) is 3. The zero-order valence-corrected chi connectivity index (χ0v) is 15.9. The molecule has 2 aromatic rings. The topological polar surface area (TPSA) is 52.2 Å². The van der Waals surface area contributed by atoms with Crippen LogP contribution in [0.25, 0.3) is 0 Å². The summed E-state index contributed by atoms with van der Waals surface area (Å²) in [6.07, 6.45) is 0.442. The van der Waals surface area contributed by atoms with Gasteiger partial charge in [0.2, 0.25) is 0 Å². The Morgan fingerprint density at radius 2 is 1.73 bits per heavy atom. The van der Waals surface area contributed by atoms with Crippen molar-refractivity contribution in [3.05, 3.63) is 58.1 Å². The molecule has 0 aliphatic heterocycles. The van der Waals surface area contributed by atoms with Crippen molar-refractivity contribution in [3.63, 3.8) is 0 Å². The van der Waals surface area contributed by atoms with Crippen LogP contribution in [0.15, 0.2) is 42.5 Å². The summed E-state index contributed by atoms with van der Waals surface area (Å²) in [6, 6.07) is 12.3. The van der Waals surface area contributed by atoms with E-state index in [1.807, 2.05) is 6.07 Å². The molecule has 0 heterocycles. The van der Waals surface area contributed by atoms with E-state index >= 15 is 0 Å². The molecule has 22 heavy (non-hydrogen) atoms. The minimum atomic E-state index is -1.10. The van der Waals surface area contributed by atoms with Crippen molar-refractivity contribution in [2.24, 2.45) is 0 Å². The van der Waals surface area contributed by atoms with Crippen molar-refractivity contribution in [2.45, 2.75) is 19.3 Å². The van der Waals surface area contributed by atoms with Gasteiger partial charge in [-0.05, 0) is 30.2 Å². The number of carbonyl (C=O) groups excluding carboxylic acids is 1. The van der Waals surface area contributed by atoms with Crippen molar-refractivity contribution in [2.75, 3.05) is 5.32 Å². The predicted molar refractivity (Wildman–Crippen MR) is 84.2 cm³/mol. The summed E-state index contributed by atoms with van der Waals surface area (Å²) in [5, 5.41) is 15.3. The molecule has 0 aliphatic rings. The third kappa shape index (κ3) is 4.40. The zero-order valence-electron chi connectivity index (χ0n) is 12.4. The molecule has 1 atom stereocenters. The van der Waals surface area contributed by atoms with Gasteiger partial charge in [0.05, 0.1) is 15.7 Å². The molecule has 0 amide bonds. The molecule has 0 radical (unpaired) electrons. The molecule has 0 aromatic heterocycles. The van der Waals surface area contributed by atoms with Crippen molar-refractivity contribution < 1.29 is 39.5 Å². The molecule has 6 heteroatoms. The Balaban J connectivity index is 0.00000242. The molecule has 1 N–H and O–H groups in total. The van der Waals surface area contributed by atoms with E-state index in [4.69, 9.17) is 23.2 Å². The number of aliphatic carboxylic acids is 1. The van der Waals surface area contributed by atoms with Gasteiger partial charge in [-0.1, -0.05) is 54.4 Å². The summed E-state index contributed by atoms with van der Waals surface area (Å²) < 4.78 is 0. The van der Waals surface area contributed by atoms with E-state index in [1.54, 1.807) is 43.3 Å². The van der Waals surface area contributed by atoms with Gasteiger partial charge in [0, 0.05) is 17.6 Å². The van der Waals surface area contributed by atoms with Gasteiger partial charge in [-0.25, -0.2) is 0 Å². The van der Waals surface area contributed by atoms with E-state index in [2.05, 4.69) is 5.32 Å². The van der Waals surface area contributed by atoms with Crippen LogP contribution in [0, 0.1) is 0 Å². The number of anilines is 2. The van der Waals surface area contributed by atoms with Crippen molar-refractivity contribution >= 4 is 40.5 Å². The summed E-state index contributed by atoms with van der Waals surface area (Å²) in [6.45, 7) is 1.81. The monoisotopic (exact) mass is 345 g/mol. The number of benzene rings is 2. The van der Waals surface area contributed by atoms with Crippen molar-refractivity contribution in [1.82, 2.24) is 0 Å². The van der Waals surface area contributed by atoms with Crippen LogP contribution in [0.3, 0.4) is 0 Å². The fourth-order valence-electron chi connectivity index (χ4n) is 2.18. The van der Waals surface area contributed by atoms with E-state index in [0.29, 0.717) is 33.4 Å². The molecule has 2 rings (SSSR count). The average molecular weight is 346 g/mol. The fraction of sp³-hybridized carbons (Fsp3) is 0.188.